The van der Waals surface area contributed by atoms with E-state index in [1.54, 1.807) is 7.11 Å². The van der Waals surface area contributed by atoms with E-state index in [2.05, 4.69) is 0 Å². The van der Waals surface area contributed by atoms with E-state index in [1.165, 1.54) is 0 Å². The van der Waals surface area contributed by atoms with Crippen LogP contribution < -0.4 is 10.2 Å². The van der Waals surface area contributed by atoms with Gasteiger partial charge in [-0.25, -0.2) is 0 Å². The summed E-state index contributed by atoms with van der Waals surface area (Å²) in [6, 6.07) is 5.89. The highest BCUT2D eigenvalue weighted by atomic mass is 16.7. The minimum absolute atomic E-state index is 0.204. The van der Waals surface area contributed by atoms with Gasteiger partial charge in [-0.1, -0.05) is 12.1 Å². The lowest BCUT2D eigenvalue weighted by Gasteiger charge is -2.32. The van der Waals surface area contributed by atoms with Crippen LogP contribution in [0.4, 0.5) is 0 Å². The first-order valence-corrected chi connectivity index (χ1v) is 6.85. The molecule has 0 bridgehead atoms. The van der Waals surface area contributed by atoms with Crippen LogP contribution in [-0.2, 0) is 14.0 Å². The Morgan fingerprint density at radius 3 is 2.25 bits per heavy atom. The van der Waals surface area contributed by atoms with Gasteiger partial charge in [-0.3, -0.25) is 0 Å². The van der Waals surface area contributed by atoms with Crippen LogP contribution in [0.15, 0.2) is 18.2 Å². The highest BCUT2D eigenvalue weighted by Gasteiger charge is 2.52. The monoisotopic (exact) mass is 278 g/mol. The molecule has 0 unspecified atom stereocenters. The zero-order valence-electron chi connectivity index (χ0n) is 13.1. The largest absolute Gasteiger partial charge is 0.498 e. The van der Waals surface area contributed by atoms with E-state index in [1.807, 2.05) is 52.8 Å². The van der Waals surface area contributed by atoms with Crippen molar-refractivity contribution in [3.05, 3.63) is 23.8 Å². The van der Waals surface area contributed by atoms with Gasteiger partial charge in [0.1, 0.15) is 5.75 Å². The molecule has 0 amide bonds. The molecule has 0 aromatic heterocycles. The zero-order valence-corrected chi connectivity index (χ0v) is 13.1. The maximum absolute atomic E-state index is 6.11. The molecule has 0 spiro atoms. The molecule has 1 heterocycles. The third-order valence-corrected chi connectivity index (χ3v) is 4.11. The van der Waals surface area contributed by atoms with E-state index in [0.717, 1.165) is 16.8 Å². The lowest BCUT2D eigenvalue weighted by molar-refractivity contribution is 0.00578. The summed E-state index contributed by atoms with van der Waals surface area (Å²) in [6.45, 7) is 10.4. The highest BCUT2D eigenvalue weighted by molar-refractivity contribution is 6.63. The van der Waals surface area contributed by atoms with Gasteiger partial charge in [-0.05, 0) is 46.2 Å². The molecule has 2 rings (SSSR count). The zero-order chi connectivity index (χ0) is 15.0. The third kappa shape index (κ3) is 2.71. The van der Waals surface area contributed by atoms with Gasteiger partial charge in [-0.15, -0.1) is 0 Å². The third-order valence-electron chi connectivity index (χ3n) is 4.11. The smallest absolute Gasteiger partial charge is 0.468 e. The van der Waals surface area contributed by atoms with Gasteiger partial charge in [0.2, 0.25) is 0 Å². The number of ether oxygens (including phenoxy) is 2. The molecule has 0 atom stereocenters. The Balaban J connectivity index is 2.34. The molecule has 0 radical (unpaired) electrons. The Hall–Kier alpha value is -1.04. The fourth-order valence-electron chi connectivity index (χ4n) is 2.16. The molecule has 4 nitrogen and oxygen atoms in total. The van der Waals surface area contributed by atoms with Gasteiger partial charge >= 0.3 is 7.12 Å². The predicted octanol–water partition coefficient (Wildman–Crippen LogP) is 2.28. The van der Waals surface area contributed by atoms with Gasteiger partial charge in [0.05, 0.1) is 11.2 Å². The number of aryl methyl sites for hydroxylation is 1. The molecular formula is C15H23BO4. The van der Waals surface area contributed by atoms with Gasteiger partial charge in [-0.2, -0.15) is 0 Å². The SMILES string of the molecule is COCOc1cccc(C)c1B1OC(C)(C)C(C)(C)O1. The minimum Gasteiger partial charge on any atom is -0.468 e. The summed E-state index contributed by atoms with van der Waals surface area (Å²) in [6.07, 6.45) is 0. The number of benzene rings is 1. The van der Waals surface area contributed by atoms with Crippen molar-refractivity contribution in [2.45, 2.75) is 45.8 Å². The first-order valence-electron chi connectivity index (χ1n) is 6.85. The Morgan fingerprint density at radius 2 is 1.70 bits per heavy atom. The summed E-state index contributed by atoms with van der Waals surface area (Å²) in [7, 11) is 1.18. The second-order valence-electron chi connectivity index (χ2n) is 6.13. The molecule has 1 aromatic rings. The first-order chi connectivity index (χ1) is 9.28. The van der Waals surface area contributed by atoms with Crippen molar-refractivity contribution in [1.29, 1.82) is 0 Å². The fraction of sp³-hybridized carbons (Fsp3) is 0.600. The normalized spacial score (nSPS) is 20.2. The van der Waals surface area contributed by atoms with Crippen LogP contribution in [0.25, 0.3) is 0 Å². The first kappa shape index (κ1) is 15.4. The van der Waals surface area contributed by atoms with Crippen LogP contribution in [0.2, 0.25) is 0 Å². The van der Waals surface area contributed by atoms with Gasteiger partial charge in [0, 0.05) is 12.6 Å². The van der Waals surface area contributed by atoms with Gasteiger partial charge < -0.3 is 18.8 Å². The number of hydrogen-bond acceptors (Lipinski definition) is 4. The van der Waals surface area contributed by atoms with E-state index >= 15 is 0 Å². The number of rotatable bonds is 4. The van der Waals surface area contributed by atoms with E-state index in [9.17, 15) is 0 Å². The topological polar surface area (TPSA) is 36.9 Å². The maximum atomic E-state index is 6.11. The Labute approximate surface area is 121 Å². The molecule has 0 N–H and O–H groups in total. The van der Waals surface area contributed by atoms with Crippen LogP contribution >= 0.6 is 0 Å². The van der Waals surface area contributed by atoms with Crippen LogP contribution in [0.3, 0.4) is 0 Å². The molecule has 0 saturated carbocycles. The van der Waals surface area contributed by atoms with Crippen molar-refractivity contribution in [3.63, 3.8) is 0 Å². The summed E-state index contributed by atoms with van der Waals surface area (Å²) in [5, 5.41) is 0. The molecule has 110 valence electrons. The van der Waals surface area contributed by atoms with Crippen LogP contribution in [0, 0.1) is 6.92 Å². The molecular weight excluding hydrogens is 255 g/mol. The molecule has 1 aromatic carbocycles. The highest BCUT2D eigenvalue weighted by Crippen LogP contribution is 2.37. The molecule has 1 saturated heterocycles. The van der Waals surface area contributed by atoms with Crippen molar-refractivity contribution in [2.75, 3.05) is 13.9 Å². The quantitative estimate of drug-likeness (QED) is 0.625. The molecule has 0 aliphatic carbocycles. The number of methoxy groups -OCH3 is 1. The Morgan fingerprint density at radius 1 is 1.10 bits per heavy atom. The summed E-state index contributed by atoms with van der Waals surface area (Å²) in [4.78, 5) is 0. The average molecular weight is 278 g/mol. The maximum Gasteiger partial charge on any atom is 0.498 e. The van der Waals surface area contributed by atoms with E-state index in [4.69, 9.17) is 18.8 Å². The van der Waals surface area contributed by atoms with Crippen molar-refractivity contribution in [3.8, 4) is 5.75 Å². The van der Waals surface area contributed by atoms with Gasteiger partial charge in [0.25, 0.3) is 0 Å². The summed E-state index contributed by atoms with van der Waals surface area (Å²) >= 11 is 0. The molecule has 1 fully saturated rings. The van der Waals surface area contributed by atoms with Gasteiger partial charge in [0.15, 0.2) is 6.79 Å². The Bertz CT molecular complexity index is 469. The molecule has 20 heavy (non-hydrogen) atoms. The molecule has 1 aliphatic rings. The lowest BCUT2D eigenvalue weighted by Crippen LogP contribution is -2.41. The van der Waals surface area contributed by atoms with Crippen molar-refractivity contribution >= 4 is 12.6 Å². The van der Waals surface area contributed by atoms with E-state index in [-0.39, 0.29) is 18.0 Å². The van der Waals surface area contributed by atoms with E-state index < -0.39 is 7.12 Å². The fourth-order valence-corrected chi connectivity index (χ4v) is 2.16. The average Bonchev–Trinajstić information content (AvgIpc) is 2.55. The van der Waals surface area contributed by atoms with E-state index in [0.29, 0.717) is 0 Å². The standard InChI is InChI=1S/C15H23BO4/c1-11-8-7-9-12(18-10-17-6)13(11)16-19-14(2,3)15(4,5)20-16/h7-9H,10H2,1-6H3. The summed E-state index contributed by atoms with van der Waals surface area (Å²) in [5.41, 5.74) is 1.29. The molecule has 5 heteroatoms. The minimum atomic E-state index is -0.423. The van der Waals surface area contributed by atoms with Crippen LogP contribution in [-0.4, -0.2) is 32.2 Å². The summed E-state index contributed by atoms with van der Waals surface area (Å²) in [5.74, 6) is 0.741. The summed E-state index contributed by atoms with van der Waals surface area (Å²) < 4.78 is 22.8. The van der Waals surface area contributed by atoms with Crippen LogP contribution in [0.1, 0.15) is 33.3 Å². The lowest BCUT2D eigenvalue weighted by atomic mass is 9.75. The van der Waals surface area contributed by atoms with Crippen molar-refractivity contribution in [1.82, 2.24) is 0 Å². The molecule has 1 aliphatic heterocycles. The van der Waals surface area contributed by atoms with Crippen molar-refractivity contribution < 1.29 is 18.8 Å². The number of hydrogen-bond donors (Lipinski definition) is 0. The van der Waals surface area contributed by atoms with Crippen molar-refractivity contribution in [2.24, 2.45) is 0 Å². The second-order valence-corrected chi connectivity index (χ2v) is 6.13. The second kappa shape index (κ2) is 5.39. The predicted molar refractivity (Wildman–Crippen MR) is 79.4 cm³/mol. The Kier molecular flexibility index (Phi) is 4.14. The van der Waals surface area contributed by atoms with Crippen LogP contribution in [0.5, 0.6) is 5.75 Å².